The Morgan fingerprint density at radius 2 is 1.93 bits per heavy atom. The number of aromatic nitrogens is 3. The summed E-state index contributed by atoms with van der Waals surface area (Å²) in [7, 11) is 3.78. The van der Waals surface area contributed by atoms with Gasteiger partial charge in [0.15, 0.2) is 0 Å². The van der Waals surface area contributed by atoms with Crippen molar-refractivity contribution in [1.82, 2.24) is 19.4 Å². The molecule has 0 saturated carbocycles. The van der Waals surface area contributed by atoms with Gasteiger partial charge in [0.25, 0.3) is 5.56 Å². The van der Waals surface area contributed by atoms with Crippen LogP contribution in [-0.4, -0.2) is 65.7 Å². The van der Waals surface area contributed by atoms with Crippen LogP contribution in [0.25, 0.3) is 11.0 Å². The van der Waals surface area contributed by atoms with Gasteiger partial charge < -0.3 is 25.2 Å². The molecule has 0 radical (unpaired) electrons. The number of rotatable bonds is 9. The third-order valence-electron chi connectivity index (χ3n) is 7.34. The number of ether oxygens (including phenoxy) is 1. The average molecular weight is 554 g/mol. The van der Waals surface area contributed by atoms with E-state index in [0.29, 0.717) is 29.5 Å². The fraction of sp³-hybridized carbons (Fsp3) is 0.290. The van der Waals surface area contributed by atoms with E-state index in [-0.39, 0.29) is 18.0 Å². The highest BCUT2D eigenvalue weighted by molar-refractivity contribution is 5.98. The van der Waals surface area contributed by atoms with Crippen LogP contribution in [0.2, 0.25) is 0 Å². The van der Waals surface area contributed by atoms with Gasteiger partial charge in [-0.15, -0.1) is 0 Å². The lowest BCUT2D eigenvalue weighted by Crippen LogP contribution is -2.44. The quantitative estimate of drug-likeness (QED) is 0.300. The highest BCUT2D eigenvalue weighted by atomic mass is 16.5. The van der Waals surface area contributed by atoms with Crippen molar-refractivity contribution in [3.05, 3.63) is 88.9 Å². The summed E-state index contributed by atoms with van der Waals surface area (Å²) in [5, 5.41) is 6.87. The summed E-state index contributed by atoms with van der Waals surface area (Å²) in [5.74, 6) is 0.743. The van der Waals surface area contributed by atoms with Crippen LogP contribution in [0.15, 0.2) is 72.2 Å². The van der Waals surface area contributed by atoms with Crippen molar-refractivity contribution in [2.45, 2.75) is 19.9 Å². The summed E-state index contributed by atoms with van der Waals surface area (Å²) in [6.07, 6.45) is 3.65. The van der Waals surface area contributed by atoms with Gasteiger partial charge in [-0.2, -0.15) is 4.98 Å². The molecule has 0 spiro atoms. The molecule has 0 unspecified atom stereocenters. The minimum Gasteiger partial charge on any atom is -0.494 e. The van der Waals surface area contributed by atoms with Crippen LogP contribution in [-0.2, 0) is 17.8 Å². The Morgan fingerprint density at radius 3 is 2.66 bits per heavy atom. The molecule has 4 aromatic rings. The Kier molecular flexibility index (Phi) is 8.30. The maximum atomic E-state index is 13.3. The molecule has 1 aliphatic heterocycles. The lowest BCUT2D eigenvalue weighted by atomic mass is 10.1. The van der Waals surface area contributed by atoms with Crippen LogP contribution >= 0.6 is 0 Å². The number of likely N-dealkylation sites (N-methyl/N-ethyl adjacent to an activating group) is 1. The molecular weight excluding hydrogens is 518 g/mol. The molecule has 5 rings (SSSR count). The zero-order valence-electron chi connectivity index (χ0n) is 23.7. The fourth-order valence-electron chi connectivity index (χ4n) is 5.01. The molecule has 0 aliphatic carbocycles. The first kappa shape index (κ1) is 27.9. The fourth-order valence-corrected chi connectivity index (χ4v) is 5.01. The number of aryl methyl sites for hydroxylation is 1. The van der Waals surface area contributed by atoms with E-state index in [2.05, 4.69) is 45.1 Å². The second kappa shape index (κ2) is 12.2. The number of benzene rings is 2. The summed E-state index contributed by atoms with van der Waals surface area (Å²) >= 11 is 0. The van der Waals surface area contributed by atoms with Gasteiger partial charge >= 0.3 is 0 Å². The molecule has 41 heavy (non-hydrogen) atoms. The summed E-state index contributed by atoms with van der Waals surface area (Å²) in [6.45, 7) is 9.73. The van der Waals surface area contributed by atoms with Gasteiger partial charge in [-0.1, -0.05) is 25.6 Å². The Labute approximate surface area is 239 Å². The van der Waals surface area contributed by atoms with E-state index in [1.54, 1.807) is 30.0 Å². The van der Waals surface area contributed by atoms with E-state index in [1.807, 2.05) is 37.3 Å². The number of nitrogens with zero attached hydrogens (tertiary/aromatic N) is 5. The Balaban J connectivity index is 1.47. The van der Waals surface area contributed by atoms with Gasteiger partial charge in [0, 0.05) is 61.3 Å². The topological polar surface area (TPSA) is 105 Å². The number of methoxy groups -OCH3 is 1. The smallest absolute Gasteiger partial charge is 0.252 e. The molecule has 10 nitrogen and oxygen atoms in total. The number of anilines is 4. The van der Waals surface area contributed by atoms with Gasteiger partial charge in [-0.3, -0.25) is 14.2 Å². The maximum absolute atomic E-state index is 13.3. The van der Waals surface area contributed by atoms with E-state index >= 15 is 0 Å². The second-order valence-corrected chi connectivity index (χ2v) is 10.1. The number of carbonyl (C=O) groups excluding carboxylic acids is 1. The Hall–Kier alpha value is -4.70. The van der Waals surface area contributed by atoms with Gasteiger partial charge in [0.05, 0.1) is 19.3 Å². The summed E-state index contributed by atoms with van der Waals surface area (Å²) in [6, 6.07) is 15.1. The lowest BCUT2D eigenvalue weighted by Gasteiger charge is -2.34. The van der Waals surface area contributed by atoms with E-state index in [4.69, 9.17) is 9.72 Å². The molecule has 2 N–H and O–H groups in total. The number of pyridine rings is 1. The molecule has 1 saturated heterocycles. The van der Waals surface area contributed by atoms with E-state index in [9.17, 15) is 9.59 Å². The van der Waals surface area contributed by atoms with Crippen molar-refractivity contribution in [1.29, 1.82) is 0 Å². The average Bonchev–Trinajstić information content (AvgIpc) is 2.99. The zero-order valence-corrected chi connectivity index (χ0v) is 23.7. The largest absolute Gasteiger partial charge is 0.494 e. The van der Waals surface area contributed by atoms with Gasteiger partial charge in [-0.05, 0) is 54.9 Å². The normalized spacial score (nSPS) is 13.7. The van der Waals surface area contributed by atoms with Gasteiger partial charge in [-0.25, -0.2) is 4.98 Å². The first-order valence-electron chi connectivity index (χ1n) is 13.7. The SMILES string of the molecule is C=CC(=O)Nc1cccc(Cn2c(=O)cc(CC)c3cnc(Nc4ccc(N5CCN(C)CC5)cc4OC)nc32)c1. The number of piperazine rings is 1. The second-order valence-electron chi connectivity index (χ2n) is 10.1. The standard InChI is InChI=1S/C31H35N7O3/c1-5-22-17-29(40)38(20-21-8-7-9-23(16-21)33-28(39)6-2)30-25(22)19-32-31(35-30)34-26-11-10-24(18-27(26)41-4)37-14-12-36(3)13-15-37/h6-11,16-19H,2,5,12-15,20H2,1,3-4H3,(H,33,39)(H,32,34,35). The molecule has 212 valence electrons. The highest BCUT2D eigenvalue weighted by Gasteiger charge is 2.17. The van der Waals surface area contributed by atoms with Crippen molar-refractivity contribution in [3.63, 3.8) is 0 Å². The summed E-state index contributed by atoms with van der Waals surface area (Å²) in [4.78, 5) is 39.1. The van der Waals surface area contributed by atoms with Crippen molar-refractivity contribution >= 4 is 40.0 Å². The Bertz CT molecular complexity index is 1640. The van der Waals surface area contributed by atoms with Gasteiger partial charge in [0.2, 0.25) is 11.9 Å². The predicted molar refractivity (Wildman–Crippen MR) is 164 cm³/mol. The monoisotopic (exact) mass is 553 g/mol. The molecular formula is C31H35N7O3. The van der Waals surface area contributed by atoms with Crippen LogP contribution in [0.3, 0.4) is 0 Å². The van der Waals surface area contributed by atoms with Crippen molar-refractivity contribution in [2.75, 3.05) is 55.9 Å². The molecule has 1 aliphatic rings. The van der Waals surface area contributed by atoms with Gasteiger partial charge in [0.1, 0.15) is 11.4 Å². The maximum Gasteiger partial charge on any atom is 0.252 e. The van der Waals surface area contributed by atoms with E-state index in [1.165, 1.54) is 6.08 Å². The van der Waals surface area contributed by atoms with Crippen LogP contribution in [0.5, 0.6) is 5.75 Å². The number of carbonyl (C=O) groups is 1. The molecule has 0 bridgehead atoms. The van der Waals surface area contributed by atoms with Crippen LogP contribution in [0, 0.1) is 0 Å². The van der Waals surface area contributed by atoms with Crippen molar-refractivity contribution in [3.8, 4) is 5.75 Å². The molecule has 2 aromatic carbocycles. The van der Waals surface area contributed by atoms with E-state index in [0.717, 1.165) is 54.1 Å². The number of amides is 1. The minimum absolute atomic E-state index is 0.159. The number of hydrogen-bond donors (Lipinski definition) is 2. The molecule has 2 aromatic heterocycles. The minimum atomic E-state index is -0.299. The lowest BCUT2D eigenvalue weighted by molar-refractivity contribution is -0.111. The number of fused-ring (bicyclic) bond motifs is 1. The predicted octanol–water partition coefficient (Wildman–Crippen LogP) is 4.03. The molecule has 10 heteroatoms. The number of hydrogen-bond acceptors (Lipinski definition) is 8. The molecule has 0 atom stereocenters. The van der Waals surface area contributed by atoms with Crippen molar-refractivity contribution < 1.29 is 9.53 Å². The van der Waals surface area contributed by atoms with Crippen molar-refractivity contribution in [2.24, 2.45) is 0 Å². The summed E-state index contributed by atoms with van der Waals surface area (Å²) in [5.41, 5.74) is 4.56. The van der Waals surface area contributed by atoms with E-state index < -0.39 is 0 Å². The first-order chi connectivity index (χ1) is 19.9. The molecule has 1 fully saturated rings. The molecule has 3 heterocycles. The Morgan fingerprint density at radius 1 is 1.12 bits per heavy atom. The summed E-state index contributed by atoms with van der Waals surface area (Å²) < 4.78 is 7.34. The zero-order chi connectivity index (χ0) is 28.9. The highest BCUT2D eigenvalue weighted by Crippen LogP contribution is 2.32. The van der Waals surface area contributed by atoms with Crippen LogP contribution in [0.1, 0.15) is 18.1 Å². The number of nitrogens with one attached hydrogen (secondary N) is 2. The van der Waals surface area contributed by atoms with Crippen LogP contribution < -0.4 is 25.8 Å². The third-order valence-corrected chi connectivity index (χ3v) is 7.34. The first-order valence-corrected chi connectivity index (χ1v) is 13.7. The van der Waals surface area contributed by atoms with Crippen LogP contribution in [0.4, 0.5) is 23.0 Å². The molecule has 1 amide bonds. The third kappa shape index (κ3) is 6.22.